The number of benzene rings is 2. The molecule has 338 valence electrons. The Kier molecular flexibility index (Phi) is 13.2. The Labute approximate surface area is 371 Å². The van der Waals surface area contributed by atoms with E-state index in [4.69, 9.17) is 16.3 Å². The summed E-state index contributed by atoms with van der Waals surface area (Å²) in [5.41, 5.74) is 2.05. The number of carbonyl (C=O) groups is 4. The Morgan fingerprint density at radius 3 is 2.28 bits per heavy atom. The third-order valence-electron chi connectivity index (χ3n) is 11.4. The van der Waals surface area contributed by atoms with Crippen LogP contribution in [0.2, 0.25) is 5.02 Å². The highest BCUT2D eigenvalue weighted by atomic mass is 35.5. The Morgan fingerprint density at radius 2 is 1.64 bits per heavy atom. The number of halogens is 4. The molecule has 3 aromatic heterocycles. The number of nitrogens with zero attached hydrogens (tertiary/aromatic N) is 6. The number of ether oxygens (including phenoxy) is 2. The summed E-state index contributed by atoms with van der Waals surface area (Å²) in [6.45, 7) is 11.0. The lowest BCUT2D eigenvalue weighted by molar-refractivity contribution is -0.274. The molecule has 20 heteroatoms. The van der Waals surface area contributed by atoms with Crippen LogP contribution in [0.1, 0.15) is 73.8 Å². The SMILES string of the molecule is COC(=O)NC(C(=O)N1CC(C)CC1c1ncc(-c2ccc(-c3cc(Cl)c(NC(=O)c4ccc(N5CC(C)N(C(=O)c6cnc[nH]6)CC5C)nc4)cc3OC(F)(F)F)cc2)[nH]1)C(C)C. The molecule has 5 atom stereocenters. The molecule has 0 saturated carbocycles. The smallest absolute Gasteiger partial charge is 0.453 e. The monoisotopic (exact) mass is 904 g/mol. The molecule has 0 spiro atoms. The van der Waals surface area contributed by atoms with Crippen molar-refractivity contribution in [3.63, 3.8) is 0 Å². The van der Waals surface area contributed by atoms with Gasteiger partial charge in [0.15, 0.2) is 0 Å². The first-order valence-corrected chi connectivity index (χ1v) is 21.0. The number of alkyl carbamates (subject to hydrolysis) is 1. The first kappa shape index (κ1) is 45.4. The second-order valence-electron chi connectivity index (χ2n) is 16.5. The molecule has 2 aromatic carbocycles. The maximum atomic E-state index is 13.8. The third kappa shape index (κ3) is 9.93. The van der Waals surface area contributed by atoms with Crippen LogP contribution in [0, 0.1) is 11.8 Å². The van der Waals surface area contributed by atoms with Crippen molar-refractivity contribution in [3.8, 4) is 28.1 Å². The van der Waals surface area contributed by atoms with Crippen LogP contribution in [0.5, 0.6) is 5.75 Å². The molecule has 5 heterocycles. The fourth-order valence-corrected chi connectivity index (χ4v) is 8.34. The van der Waals surface area contributed by atoms with Crippen molar-refractivity contribution >= 4 is 46.9 Å². The molecule has 16 nitrogen and oxygen atoms in total. The van der Waals surface area contributed by atoms with Gasteiger partial charge in [-0.3, -0.25) is 14.4 Å². The Bertz CT molecular complexity index is 2480. The van der Waals surface area contributed by atoms with Gasteiger partial charge < -0.3 is 44.8 Å². The standard InChI is InChI=1S/C44H48ClF3N10O6/c1-23(2)38(55-43(62)63-6)42(61)58-19-24(3)13-35(58)39-51-18-33(53-39)28-9-7-27(8-10-28)30-14-31(45)32(15-36(30)64-44(46,47)48)54-40(59)29-11-12-37(50-16-29)56-20-26(5)57(21-25(56)4)41(60)34-17-49-22-52-34/h7-12,14-18,22-26,35,38H,13,19-21H2,1-6H3,(H,49,52)(H,51,53)(H,54,59)(H,55,62). The van der Waals surface area contributed by atoms with Crippen molar-refractivity contribution < 1.29 is 41.8 Å². The van der Waals surface area contributed by atoms with E-state index in [0.717, 1.165) is 6.07 Å². The maximum absolute atomic E-state index is 13.8. The molecule has 2 aliphatic rings. The summed E-state index contributed by atoms with van der Waals surface area (Å²) in [6, 6.07) is 10.7. The molecule has 2 fully saturated rings. The van der Waals surface area contributed by atoms with Crippen molar-refractivity contribution in [1.29, 1.82) is 0 Å². The minimum atomic E-state index is -5.07. The number of pyridine rings is 1. The Balaban J connectivity index is 1.05. The number of hydrogen-bond donors (Lipinski definition) is 4. The molecule has 5 aromatic rings. The number of H-pyrrole nitrogens is 2. The lowest BCUT2D eigenvalue weighted by atomic mass is 10.0. The number of piperazine rings is 1. The quantitative estimate of drug-likeness (QED) is 0.102. The topological polar surface area (TPSA) is 191 Å². The summed E-state index contributed by atoms with van der Waals surface area (Å²) in [4.78, 5) is 76.8. The first-order valence-electron chi connectivity index (χ1n) is 20.6. The number of methoxy groups -OCH3 is 1. The molecule has 7 rings (SSSR count). The summed E-state index contributed by atoms with van der Waals surface area (Å²) in [5, 5.41) is 5.19. The van der Waals surface area contributed by atoms with E-state index in [1.54, 1.807) is 52.4 Å². The van der Waals surface area contributed by atoms with Gasteiger partial charge in [-0.05, 0) is 61.4 Å². The van der Waals surface area contributed by atoms with Crippen LogP contribution in [0.3, 0.4) is 0 Å². The zero-order chi connectivity index (χ0) is 46.0. The molecule has 4 amide bonds. The lowest BCUT2D eigenvalue weighted by Gasteiger charge is -2.44. The van der Waals surface area contributed by atoms with E-state index in [9.17, 15) is 32.3 Å². The average Bonchev–Trinajstić information content (AvgIpc) is 4.06. The van der Waals surface area contributed by atoms with Crippen LogP contribution >= 0.6 is 11.6 Å². The number of carbonyl (C=O) groups excluding carboxylic acids is 4. The van der Waals surface area contributed by atoms with Crippen molar-refractivity contribution in [3.05, 3.63) is 95.6 Å². The summed E-state index contributed by atoms with van der Waals surface area (Å²) in [5.74, 6) is -0.570. The highest BCUT2D eigenvalue weighted by Gasteiger charge is 2.40. The molecule has 0 aliphatic carbocycles. The van der Waals surface area contributed by atoms with E-state index in [1.807, 2.05) is 39.5 Å². The molecule has 4 N–H and O–H groups in total. The van der Waals surface area contributed by atoms with Gasteiger partial charge in [0.1, 0.15) is 29.1 Å². The summed E-state index contributed by atoms with van der Waals surface area (Å²) in [6.07, 6.45) is 0.785. The van der Waals surface area contributed by atoms with Crippen LogP contribution in [0.4, 0.5) is 29.5 Å². The van der Waals surface area contributed by atoms with Crippen molar-refractivity contribution in [2.24, 2.45) is 11.8 Å². The summed E-state index contributed by atoms with van der Waals surface area (Å²) >= 11 is 6.61. The van der Waals surface area contributed by atoms with Crippen LogP contribution in [-0.2, 0) is 9.53 Å². The zero-order valence-corrected chi connectivity index (χ0v) is 36.6. The molecular formula is C44H48ClF3N10O6. The molecule has 5 unspecified atom stereocenters. The minimum Gasteiger partial charge on any atom is -0.453 e. The maximum Gasteiger partial charge on any atom is 0.573 e. The van der Waals surface area contributed by atoms with Gasteiger partial charge >= 0.3 is 12.5 Å². The largest absolute Gasteiger partial charge is 0.573 e. The van der Waals surface area contributed by atoms with Gasteiger partial charge in [0.2, 0.25) is 5.91 Å². The number of aromatic amines is 2. The predicted octanol–water partition coefficient (Wildman–Crippen LogP) is 7.70. The number of likely N-dealkylation sites (tertiary alicyclic amines) is 1. The first-order chi connectivity index (χ1) is 30.4. The van der Waals surface area contributed by atoms with Crippen LogP contribution in [-0.4, -0.2) is 110 Å². The number of hydrogen-bond acceptors (Lipinski definition) is 10. The Hall–Kier alpha value is -6.63. The Morgan fingerprint density at radius 1 is 0.906 bits per heavy atom. The van der Waals surface area contributed by atoms with Crippen LogP contribution < -0.4 is 20.3 Å². The third-order valence-corrected chi connectivity index (χ3v) is 11.7. The van der Waals surface area contributed by atoms with Crippen molar-refractivity contribution in [2.75, 3.05) is 37.0 Å². The number of anilines is 2. The van der Waals surface area contributed by atoms with Gasteiger partial charge in [-0.15, -0.1) is 13.2 Å². The second kappa shape index (κ2) is 18.6. The lowest BCUT2D eigenvalue weighted by Crippen LogP contribution is -2.58. The normalized spacial score (nSPS) is 19.4. The summed E-state index contributed by atoms with van der Waals surface area (Å²) < 4.78 is 50.6. The predicted molar refractivity (Wildman–Crippen MR) is 232 cm³/mol. The van der Waals surface area contributed by atoms with Gasteiger partial charge in [-0.25, -0.2) is 19.7 Å². The molecule has 0 bridgehead atoms. The molecule has 0 radical (unpaired) electrons. The van der Waals surface area contributed by atoms with Crippen LogP contribution in [0.25, 0.3) is 22.4 Å². The van der Waals surface area contributed by atoms with E-state index < -0.39 is 30.2 Å². The molecule has 2 aliphatic heterocycles. The zero-order valence-electron chi connectivity index (χ0n) is 35.9. The van der Waals surface area contributed by atoms with E-state index in [-0.39, 0.29) is 63.6 Å². The number of imidazole rings is 2. The minimum absolute atomic E-state index is 0.0206. The summed E-state index contributed by atoms with van der Waals surface area (Å²) in [7, 11) is 1.24. The van der Waals surface area contributed by atoms with Gasteiger partial charge in [0.05, 0.1) is 53.8 Å². The number of alkyl halides is 3. The highest BCUT2D eigenvalue weighted by Crippen LogP contribution is 2.41. The van der Waals surface area contributed by atoms with Gasteiger partial charge in [-0.1, -0.05) is 56.6 Å². The van der Waals surface area contributed by atoms with Gasteiger partial charge in [0, 0.05) is 49.5 Å². The van der Waals surface area contributed by atoms with E-state index >= 15 is 0 Å². The average molecular weight is 905 g/mol. The van der Waals surface area contributed by atoms with Crippen molar-refractivity contribution in [1.82, 2.24) is 40.0 Å². The highest BCUT2D eigenvalue weighted by molar-refractivity contribution is 6.34. The fraction of sp³-hybridized carbons (Fsp3) is 0.386. The number of aromatic nitrogens is 5. The number of nitrogens with one attached hydrogen (secondary N) is 4. The van der Waals surface area contributed by atoms with Crippen LogP contribution in [0.15, 0.2) is 73.4 Å². The molecule has 2 saturated heterocycles. The van der Waals surface area contributed by atoms with Gasteiger partial charge in [0.25, 0.3) is 11.8 Å². The van der Waals surface area contributed by atoms with Gasteiger partial charge in [-0.2, -0.15) is 0 Å². The number of rotatable bonds is 11. The number of amides is 4. The van der Waals surface area contributed by atoms with E-state index in [2.05, 4.69) is 40.3 Å². The van der Waals surface area contributed by atoms with E-state index in [0.29, 0.717) is 60.2 Å². The molecular weight excluding hydrogens is 857 g/mol. The second-order valence-corrected chi connectivity index (χ2v) is 16.9. The van der Waals surface area contributed by atoms with Crippen molar-refractivity contribution in [2.45, 2.75) is 71.6 Å². The van der Waals surface area contributed by atoms with E-state index in [1.165, 1.54) is 31.9 Å². The fourth-order valence-electron chi connectivity index (χ4n) is 8.13. The molecule has 64 heavy (non-hydrogen) atoms.